The van der Waals surface area contributed by atoms with Gasteiger partial charge in [-0.2, -0.15) is 5.10 Å². The molecule has 0 radical (unpaired) electrons. The lowest BCUT2D eigenvalue weighted by molar-refractivity contribution is 0.306. The lowest BCUT2D eigenvalue weighted by Crippen LogP contribution is -1.95. The summed E-state index contributed by atoms with van der Waals surface area (Å²) in [5, 5.41) is 4.13. The Bertz CT molecular complexity index is 831. The fraction of sp³-hybridized carbons (Fsp3) is 0.0500. The summed E-state index contributed by atoms with van der Waals surface area (Å²) in [7, 11) is 0. The van der Waals surface area contributed by atoms with E-state index in [0.717, 1.165) is 27.0 Å². The van der Waals surface area contributed by atoms with Crippen molar-refractivity contribution in [2.24, 2.45) is 5.10 Å². The zero-order chi connectivity index (χ0) is 17.5. The molecule has 0 aliphatic carbocycles. The van der Waals surface area contributed by atoms with Crippen molar-refractivity contribution < 1.29 is 9.13 Å². The van der Waals surface area contributed by atoms with Crippen molar-refractivity contribution in [3.63, 3.8) is 0 Å². The van der Waals surface area contributed by atoms with Crippen LogP contribution in [0.25, 0.3) is 0 Å². The van der Waals surface area contributed by atoms with E-state index in [0.29, 0.717) is 6.61 Å². The minimum atomic E-state index is -0.270. The van der Waals surface area contributed by atoms with Gasteiger partial charge in [0.2, 0.25) is 0 Å². The Hall–Kier alpha value is -2.66. The first kappa shape index (κ1) is 17.2. The molecule has 3 nitrogen and oxygen atoms in total. The molecule has 0 heterocycles. The molecule has 0 saturated carbocycles. The smallest absolute Gasteiger partial charge is 0.123 e. The van der Waals surface area contributed by atoms with E-state index in [1.807, 2.05) is 48.5 Å². The standard InChI is InChI=1S/C20H16BrFN2O/c21-17-5-1-16(2-6-17)14-25-20-11-3-15(4-12-20)13-23-24-19-9-7-18(22)8-10-19/h1-13,24H,14H2. The van der Waals surface area contributed by atoms with E-state index in [4.69, 9.17) is 4.74 Å². The number of anilines is 1. The average molecular weight is 399 g/mol. The number of halogens is 2. The highest BCUT2D eigenvalue weighted by Crippen LogP contribution is 2.15. The number of rotatable bonds is 6. The van der Waals surface area contributed by atoms with Crippen LogP contribution in [-0.2, 0) is 6.61 Å². The molecule has 0 aliphatic heterocycles. The summed E-state index contributed by atoms with van der Waals surface area (Å²) < 4.78 is 19.6. The van der Waals surface area contributed by atoms with Crippen molar-refractivity contribution in [3.8, 4) is 5.75 Å². The maximum Gasteiger partial charge on any atom is 0.123 e. The van der Waals surface area contributed by atoms with Gasteiger partial charge in [0.1, 0.15) is 18.2 Å². The Balaban J connectivity index is 1.52. The van der Waals surface area contributed by atoms with Crippen LogP contribution in [-0.4, -0.2) is 6.21 Å². The molecule has 0 atom stereocenters. The molecule has 0 aromatic heterocycles. The zero-order valence-corrected chi connectivity index (χ0v) is 14.9. The van der Waals surface area contributed by atoms with Gasteiger partial charge in [-0.05, 0) is 71.8 Å². The number of nitrogens with zero attached hydrogens (tertiary/aromatic N) is 1. The second kappa shape index (κ2) is 8.44. The minimum absolute atomic E-state index is 0.270. The van der Waals surface area contributed by atoms with Gasteiger partial charge in [0, 0.05) is 4.47 Å². The van der Waals surface area contributed by atoms with Crippen molar-refractivity contribution in [3.05, 3.63) is 94.2 Å². The van der Waals surface area contributed by atoms with E-state index in [-0.39, 0.29) is 5.82 Å². The third-order valence-corrected chi connectivity index (χ3v) is 3.98. The van der Waals surface area contributed by atoms with Gasteiger partial charge in [-0.15, -0.1) is 0 Å². The zero-order valence-electron chi connectivity index (χ0n) is 13.3. The molecule has 0 bridgehead atoms. The van der Waals surface area contributed by atoms with E-state index in [9.17, 15) is 4.39 Å². The van der Waals surface area contributed by atoms with Crippen LogP contribution in [0, 0.1) is 5.82 Å². The van der Waals surface area contributed by atoms with Crippen molar-refractivity contribution in [2.45, 2.75) is 6.61 Å². The Kier molecular flexibility index (Phi) is 5.80. The molecule has 0 spiro atoms. The molecule has 25 heavy (non-hydrogen) atoms. The summed E-state index contributed by atoms with van der Waals surface area (Å²) in [5.74, 6) is 0.528. The summed E-state index contributed by atoms with van der Waals surface area (Å²) in [6.45, 7) is 0.521. The summed E-state index contributed by atoms with van der Waals surface area (Å²) in [4.78, 5) is 0. The van der Waals surface area contributed by atoms with Crippen molar-refractivity contribution in [2.75, 3.05) is 5.43 Å². The molecule has 3 aromatic rings. The van der Waals surface area contributed by atoms with E-state index < -0.39 is 0 Å². The van der Waals surface area contributed by atoms with Gasteiger partial charge < -0.3 is 4.74 Å². The molecule has 3 rings (SSSR count). The topological polar surface area (TPSA) is 33.6 Å². The lowest BCUT2D eigenvalue weighted by Gasteiger charge is -2.06. The van der Waals surface area contributed by atoms with E-state index in [1.54, 1.807) is 18.3 Å². The van der Waals surface area contributed by atoms with Crippen LogP contribution in [0.5, 0.6) is 5.75 Å². The van der Waals surface area contributed by atoms with Crippen LogP contribution in [0.3, 0.4) is 0 Å². The number of ether oxygens (including phenoxy) is 1. The Morgan fingerprint density at radius 1 is 0.920 bits per heavy atom. The number of nitrogens with one attached hydrogen (secondary N) is 1. The SMILES string of the molecule is Fc1ccc(NN=Cc2ccc(OCc3ccc(Br)cc3)cc2)cc1. The predicted molar refractivity (Wildman–Crippen MR) is 103 cm³/mol. The molecule has 0 saturated heterocycles. The van der Waals surface area contributed by atoms with Crippen molar-refractivity contribution in [1.82, 2.24) is 0 Å². The van der Waals surface area contributed by atoms with Gasteiger partial charge in [-0.3, -0.25) is 5.43 Å². The van der Waals surface area contributed by atoms with Crippen LogP contribution >= 0.6 is 15.9 Å². The molecule has 126 valence electrons. The lowest BCUT2D eigenvalue weighted by atomic mass is 10.2. The van der Waals surface area contributed by atoms with Gasteiger partial charge in [-0.1, -0.05) is 28.1 Å². The molecule has 0 amide bonds. The van der Waals surface area contributed by atoms with Crippen LogP contribution in [0.4, 0.5) is 10.1 Å². The van der Waals surface area contributed by atoms with E-state index in [1.165, 1.54) is 12.1 Å². The molecule has 0 fully saturated rings. The van der Waals surface area contributed by atoms with Crippen LogP contribution < -0.4 is 10.2 Å². The highest BCUT2D eigenvalue weighted by Gasteiger charge is 1.97. The summed E-state index contributed by atoms with van der Waals surface area (Å²) in [6.07, 6.45) is 1.70. The first-order valence-corrected chi connectivity index (χ1v) is 8.50. The molecule has 0 aliphatic rings. The van der Waals surface area contributed by atoms with Gasteiger partial charge in [0.25, 0.3) is 0 Å². The maximum atomic E-state index is 12.8. The monoisotopic (exact) mass is 398 g/mol. The van der Waals surface area contributed by atoms with Gasteiger partial charge in [-0.25, -0.2) is 4.39 Å². The minimum Gasteiger partial charge on any atom is -0.489 e. The summed E-state index contributed by atoms with van der Waals surface area (Å²) >= 11 is 3.41. The third kappa shape index (κ3) is 5.43. The molecule has 5 heteroatoms. The number of hydrazone groups is 1. The van der Waals surface area contributed by atoms with Crippen molar-refractivity contribution in [1.29, 1.82) is 0 Å². The average Bonchev–Trinajstić information content (AvgIpc) is 2.64. The van der Waals surface area contributed by atoms with Crippen molar-refractivity contribution >= 4 is 27.8 Å². The van der Waals surface area contributed by atoms with E-state index >= 15 is 0 Å². The third-order valence-electron chi connectivity index (χ3n) is 3.45. The number of benzene rings is 3. The second-order valence-electron chi connectivity index (χ2n) is 5.36. The molecular formula is C20H16BrFN2O. The fourth-order valence-electron chi connectivity index (χ4n) is 2.10. The second-order valence-corrected chi connectivity index (χ2v) is 6.28. The first-order chi connectivity index (χ1) is 12.2. The molecule has 0 unspecified atom stereocenters. The van der Waals surface area contributed by atoms with Crippen LogP contribution in [0.2, 0.25) is 0 Å². The maximum absolute atomic E-state index is 12.8. The van der Waals surface area contributed by atoms with Crippen LogP contribution in [0.15, 0.2) is 82.4 Å². The normalized spacial score (nSPS) is 10.8. The molecule has 3 aromatic carbocycles. The van der Waals surface area contributed by atoms with Gasteiger partial charge in [0.05, 0.1) is 11.9 Å². The van der Waals surface area contributed by atoms with Gasteiger partial charge in [0.15, 0.2) is 0 Å². The van der Waals surface area contributed by atoms with Crippen LogP contribution in [0.1, 0.15) is 11.1 Å². The first-order valence-electron chi connectivity index (χ1n) is 7.71. The Morgan fingerprint density at radius 3 is 2.28 bits per heavy atom. The summed E-state index contributed by atoms with van der Waals surface area (Å²) in [5.41, 5.74) is 5.63. The number of hydrogen-bond donors (Lipinski definition) is 1. The Morgan fingerprint density at radius 2 is 1.60 bits per heavy atom. The predicted octanol–water partition coefficient (Wildman–Crippen LogP) is 5.61. The highest BCUT2D eigenvalue weighted by molar-refractivity contribution is 9.10. The highest BCUT2D eigenvalue weighted by atomic mass is 79.9. The number of hydrogen-bond acceptors (Lipinski definition) is 3. The summed E-state index contributed by atoms with van der Waals surface area (Å²) in [6, 6.07) is 21.7. The van der Waals surface area contributed by atoms with Gasteiger partial charge >= 0.3 is 0 Å². The Labute approximate surface area is 154 Å². The van der Waals surface area contributed by atoms with E-state index in [2.05, 4.69) is 26.5 Å². The molecular weight excluding hydrogens is 383 g/mol. The largest absolute Gasteiger partial charge is 0.489 e. The molecule has 1 N–H and O–H groups in total. The quantitative estimate of drug-likeness (QED) is 0.432. The fourth-order valence-corrected chi connectivity index (χ4v) is 2.37.